The molecule has 0 radical (unpaired) electrons. The average molecular weight is 306 g/mol. The third-order valence-electron chi connectivity index (χ3n) is 4.72. The van der Waals surface area contributed by atoms with Crippen LogP contribution in [0.4, 0.5) is 0 Å². The average Bonchev–Trinajstić information content (AvgIpc) is 2.73. The van der Waals surface area contributed by atoms with Crippen molar-refractivity contribution in [1.82, 2.24) is 4.90 Å². The van der Waals surface area contributed by atoms with Gasteiger partial charge in [-0.2, -0.15) is 0 Å². The Bertz CT molecular complexity index is 409. The zero-order valence-corrected chi connectivity index (χ0v) is 16.1. The topological polar surface area (TPSA) is 3.24 Å². The van der Waals surface area contributed by atoms with Crippen LogP contribution in [0.5, 0.6) is 0 Å². The quantitative estimate of drug-likeness (QED) is 0.724. The minimum atomic E-state index is -1.11. The fourth-order valence-corrected chi connectivity index (χ4v) is 8.49. The van der Waals surface area contributed by atoms with Gasteiger partial charge in [0.2, 0.25) is 0 Å². The first-order chi connectivity index (χ1) is 9.19. The molecule has 0 amide bonds. The van der Waals surface area contributed by atoms with E-state index in [4.69, 9.17) is 0 Å². The van der Waals surface area contributed by atoms with Crippen LogP contribution in [0.25, 0.3) is 0 Å². The van der Waals surface area contributed by atoms with Crippen LogP contribution in [0.3, 0.4) is 0 Å². The van der Waals surface area contributed by atoms with Gasteiger partial charge in [0, 0.05) is 17.9 Å². The Balaban J connectivity index is 2.25. The van der Waals surface area contributed by atoms with Crippen LogP contribution in [0, 0.1) is 0 Å². The lowest BCUT2D eigenvalue weighted by atomic mass is 10.2. The molecular weight excluding hydrogens is 274 g/mol. The predicted octanol–water partition coefficient (Wildman–Crippen LogP) is 4.77. The Hall–Kier alpha value is -0.386. The molecule has 20 heavy (non-hydrogen) atoms. The van der Waals surface area contributed by atoms with Gasteiger partial charge in [0.15, 0.2) is 0 Å². The van der Waals surface area contributed by atoms with Crippen molar-refractivity contribution in [3.63, 3.8) is 0 Å². The number of hydrogen-bond donors (Lipinski definition) is 0. The molecule has 0 bridgehead atoms. The van der Waals surface area contributed by atoms with Crippen LogP contribution >= 0.6 is 0 Å². The molecule has 0 spiro atoms. The first kappa shape index (κ1) is 16.0. The summed E-state index contributed by atoms with van der Waals surface area (Å²) in [5, 5.41) is 0. The molecule has 1 saturated heterocycles. The molecule has 0 unspecified atom stereocenters. The van der Waals surface area contributed by atoms with Crippen molar-refractivity contribution in [3.05, 3.63) is 35.9 Å². The molecule has 1 aliphatic rings. The van der Waals surface area contributed by atoms with Crippen LogP contribution in [0.2, 0.25) is 39.3 Å². The van der Waals surface area contributed by atoms with E-state index in [2.05, 4.69) is 74.5 Å². The molecule has 0 N–H and O–H groups in total. The molecule has 0 aromatic heterocycles. The third-order valence-corrected chi connectivity index (χ3v) is 9.96. The smallest absolute Gasteiger partial charge is 0.0638 e. The van der Waals surface area contributed by atoms with Crippen molar-refractivity contribution < 1.29 is 0 Å². The van der Waals surface area contributed by atoms with E-state index < -0.39 is 16.1 Å². The number of hydrogen-bond acceptors (Lipinski definition) is 1. The van der Waals surface area contributed by atoms with Crippen LogP contribution in [0.1, 0.15) is 18.4 Å². The number of rotatable bonds is 4. The predicted molar refractivity (Wildman–Crippen MR) is 95.5 cm³/mol. The van der Waals surface area contributed by atoms with Gasteiger partial charge in [0.1, 0.15) is 0 Å². The molecule has 1 heterocycles. The van der Waals surface area contributed by atoms with Gasteiger partial charge < -0.3 is 0 Å². The van der Waals surface area contributed by atoms with Crippen molar-refractivity contribution in [2.45, 2.75) is 70.0 Å². The van der Waals surface area contributed by atoms with Gasteiger partial charge in [0.25, 0.3) is 0 Å². The molecule has 1 nitrogen and oxygen atoms in total. The number of nitrogens with zero attached hydrogens (tertiary/aromatic N) is 1. The maximum atomic E-state index is 2.90. The number of benzene rings is 1. The third kappa shape index (κ3) is 3.63. The van der Waals surface area contributed by atoms with E-state index in [0.717, 1.165) is 17.9 Å². The summed E-state index contributed by atoms with van der Waals surface area (Å²) in [5.74, 6) is 0. The fourth-order valence-electron chi connectivity index (χ4n) is 3.74. The van der Waals surface area contributed by atoms with E-state index in [9.17, 15) is 0 Å². The lowest BCUT2D eigenvalue weighted by Gasteiger charge is -2.41. The highest BCUT2D eigenvalue weighted by atomic mass is 28.3. The molecule has 1 aromatic rings. The highest BCUT2D eigenvalue weighted by Crippen LogP contribution is 2.36. The van der Waals surface area contributed by atoms with Gasteiger partial charge in [-0.25, -0.2) is 0 Å². The summed E-state index contributed by atoms with van der Waals surface area (Å²) in [4.78, 5) is 2.90. The van der Waals surface area contributed by atoms with Crippen LogP contribution in [0.15, 0.2) is 30.3 Å². The highest BCUT2D eigenvalue weighted by molar-refractivity contribution is 6.79. The van der Waals surface area contributed by atoms with Crippen molar-refractivity contribution in [2.24, 2.45) is 0 Å². The van der Waals surface area contributed by atoms with Gasteiger partial charge in [-0.05, 0) is 18.4 Å². The second-order valence-corrected chi connectivity index (χ2v) is 19.3. The molecular formula is C17H31NSi2. The van der Waals surface area contributed by atoms with Gasteiger partial charge in [-0.1, -0.05) is 69.6 Å². The Morgan fingerprint density at radius 3 is 1.70 bits per heavy atom. The molecule has 2 rings (SSSR count). The Morgan fingerprint density at radius 2 is 1.30 bits per heavy atom. The minimum absolute atomic E-state index is 0.861. The van der Waals surface area contributed by atoms with Gasteiger partial charge in [0.05, 0.1) is 16.1 Å². The first-order valence-electron chi connectivity index (χ1n) is 7.99. The summed E-state index contributed by atoms with van der Waals surface area (Å²) >= 11 is 0. The summed E-state index contributed by atoms with van der Waals surface area (Å²) < 4.78 is 0. The lowest BCUT2D eigenvalue weighted by Crippen LogP contribution is -2.55. The Morgan fingerprint density at radius 1 is 0.850 bits per heavy atom. The van der Waals surface area contributed by atoms with E-state index in [1.54, 1.807) is 0 Å². The minimum Gasteiger partial charge on any atom is -0.299 e. The fraction of sp³-hybridized carbons (Fsp3) is 0.647. The second kappa shape index (κ2) is 5.78. The molecule has 112 valence electrons. The van der Waals surface area contributed by atoms with E-state index in [-0.39, 0.29) is 0 Å². The number of likely N-dealkylation sites (tertiary alicyclic amines) is 1. The van der Waals surface area contributed by atoms with E-state index in [1.165, 1.54) is 18.4 Å². The Labute approximate surface area is 127 Å². The van der Waals surface area contributed by atoms with Crippen LogP contribution in [-0.2, 0) is 6.54 Å². The molecule has 0 aliphatic carbocycles. The zero-order valence-electron chi connectivity index (χ0n) is 14.1. The summed E-state index contributed by atoms with van der Waals surface area (Å²) in [6.45, 7) is 16.4. The van der Waals surface area contributed by atoms with E-state index >= 15 is 0 Å². The van der Waals surface area contributed by atoms with Crippen molar-refractivity contribution in [2.75, 3.05) is 0 Å². The van der Waals surface area contributed by atoms with Gasteiger partial charge in [-0.15, -0.1) is 0 Å². The molecule has 0 saturated carbocycles. The zero-order chi connectivity index (χ0) is 15.0. The van der Waals surface area contributed by atoms with E-state index in [1.807, 2.05) is 0 Å². The SMILES string of the molecule is C[Si](C)(C)[C@H]1CC[C@H]([Si](C)(C)C)N1Cc1ccccc1. The van der Waals surface area contributed by atoms with Crippen molar-refractivity contribution in [3.8, 4) is 0 Å². The largest absolute Gasteiger partial charge is 0.299 e. The Kier molecular flexibility index (Phi) is 4.62. The summed E-state index contributed by atoms with van der Waals surface area (Å²) in [6.07, 6.45) is 2.86. The standard InChI is InChI=1S/C17H31NSi2/c1-19(2,3)16-12-13-17(20(4,5)6)18(16)14-15-10-8-7-9-11-15/h7-11,16-17H,12-14H2,1-6H3/t16-,17-/m0/s1. The lowest BCUT2D eigenvalue weighted by molar-refractivity contribution is 0.264. The second-order valence-electron chi connectivity index (χ2n) is 8.50. The molecule has 1 fully saturated rings. The summed E-state index contributed by atoms with van der Waals surface area (Å²) in [7, 11) is -2.23. The molecule has 3 heteroatoms. The van der Waals surface area contributed by atoms with Gasteiger partial charge >= 0.3 is 0 Å². The monoisotopic (exact) mass is 305 g/mol. The van der Waals surface area contributed by atoms with Crippen LogP contribution in [-0.4, -0.2) is 32.4 Å². The first-order valence-corrected chi connectivity index (χ1v) is 15.1. The van der Waals surface area contributed by atoms with Crippen LogP contribution < -0.4 is 0 Å². The molecule has 1 aromatic carbocycles. The summed E-state index contributed by atoms with van der Waals surface area (Å²) in [6, 6.07) is 11.1. The molecule has 2 atom stereocenters. The molecule has 1 aliphatic heterocycles. The highest BCUT2D eigenvalue weighted by Gasteiger charge is 2.45. The normalized spacial score (nSPS) is 25.1. The maximum Gasteiger partial charge on any atom is 0.0638 e. The van der Waals surface area contributed by atoms with Crippen molar-refractivity contribution >= 4 is 16.1 Å². The van der Waals surface area contributed by atoms with E-state index in [0.29, 0.717) is 0 Å². The maximum absolute atomic E-state index is 2.90. The van der Waals surface area contributed by atoms with Gasteiger partial charge in [-0.3, -0.25) is 4.90 Å². The van der Waals surface area contributed by atoms with Crippen molar-refractivity contribution in [1.29, 1.82) is 0 Å². The summed E-state index contributed by atoms with van der Waals surface area (Å²) in [5.41, 5.74) is 3.21.